The molecule has 0 aliphatic carbocycles. The van der Waals surface area contributed by atoms with Gasteiger partial charge in [0.25, 0.3) is 5.91 Å². The maximum absolute atomic E-state index is 12.8. The number of nitrogens with zero attached hydrogens (tertiary/aromatic N) is 1. The van der Waals surface area contributed by atoms with E-state index in [1.165, 1.54) is 23.5 Å². The van der Waals surface area contributed by atoms with Gasteiger partial charge in [-0.25, -0.2) is 4.39 Å². The predicted octanol–water partition coefficient (Wildman–Crippen LogP) is 2.74. The van der Waals surface area contributed by atoms with Crippen molar-refractivity contribution in [3.8, 4) is 0 Å². The Labute approximate surface area is 109 Å². The van der Waals surface area contributed by atoms with Crippen molar-refractivity contribution in [2.75, 3.05) is 12.8 Å². The summed E-state index contributed by atoms with van der Waals surface area (Å²) >= 11 is 1.32. The molecule has 18 heavy (non-hydrogen) atoms. The average Bonchev–Trinajstić information content (AvgIpc) is 2.77. The van der Waals surface area contributed by atoms with Crippen LogP contribution in [-0.2, 0) is 6.54 Å². The Morgan fingerprint density at radius 3 is 2.56 bits per heavy atom. The van der Waals surface area contributed by atoms with Crippen molar-refractivity contribution in [1.29, 1.82) is 0 Å². The van der Waals surface area contributed by atoms with Gasteiger partial charge in [0.05, 0.1) is 5.69 Å². The number of thiophene rings is 1. The normalized spacial score (nSPS) is 10.3. The van der Waals surface area contributed by atoms with Gasteiger partial charge in [-0.3, -0.25) is 4.79 Å². The number of hydrogen-bond donors (Lipinski definition) is 1. The molecule has 0 saturated carbocycles. The van der Waals surface area contributed by atoms with Crippen LogP contribution in [0.4, 0.5) is 10.1 Å². The van der Waals surface area contributed by atoms with E-state index in [9.17, 15) is 9.18 Å². The fraction of sp³-hybridized carbons (Fsp3) is 0.154. The van der Waals surface area contributed by atoms with Crippen molar-refractivity contribution in [1.82, 2.24) is 4.90 Å². The molecule has 3 nitrogen and oxygen atoms in total. The lowest BCUT2D eigenvalue weighted by atomic mass is 10.2. The molecular formula is C13H13FN2OS. The minimum Gasteiger partial charge on any atom is -0.397 e. The smallest absolute Gasteiger partial charge is 0.266 e. The summed E-state index contributed by atoms with van der Waals surface area (Å²) in [6.45, 7) is 0.427. The zero-order valence-electron chi connectivity index (χ0n) is 9.89. The Kier molecular flexibility index (Phi) is 3.62. The summed E-state index contributed by atoms with van der Waals surface area (Å²) in [6, 6.07) is 7.80. The fourth-order valence-electron chi connectivity index (χ4n) is 1.60. The molecule has 0 aliphatic rings. The van der Waals surface area contributed by atoms with E-state index in [2.05, 4.69) is 0 Å². The molecule has 2 rings (SSSR count). The van der Waals surface area contributed by atoms with Crippen LogP contribution in [0.15, 0.2) is 35.7 Å². The monoisotopic (exact) mass is 264 g/mol. The Morgan fingerprint density at radius 2 is 2.00 bits per heavy atom. The lowest BCUT2D eigenvalue weighted by Crippen LogP contribution is -2.26. The highest BCUT2D eigenvalue weighted by Gasteiger charge is 2.16. The van der Waals surface area contributed by atoms with Gasteiger partial charge in [-0.1, -0.05) is 12.1 Å². The molecule has 0 atom stereocenters. The van der Waals surface area contributed by atoms with Crippen molar-refractivity contribution in [2.45, 2.75) is 6.54 Å². The quantitative estimate of drug-likeness (QED) is 0.926. The highest BCUT2D eigenvalue weighted by molar-refractivity contribution is 7.12. The molecule has 1 aromatic heterocycles. The summed E-state index contributed by atoms with van der Waals surface area (Å²) in [4.78, 5) is 14.2. The first kappa shape index (κ1) is 12.6. The molecule has 5 heteroatoms. The Hall–Kier alpha value is -1.88. The lowest BCUT2D eigenvalue weighted by Gasteiger charge is -2.16. The number of halogens is 1. The van der Waals surface area contributed by atoms with Crippen LogP contribution in [0.5, 0.6) is 0 Å². The zero-order chi connectivity index (χ0) is 13.1. The standard InChI is InChI=1S/C13H13FN2OS/c1-16(8-9-2-4-10(14)5-3-9)13(17)12-11(15)6-7-18-12/h2-7H,8,15H2,1H3. The summed E-state index contributed by atoms with van der Waals surface area (Å²) in [5.41, 5.74) is 7.08. The average molecular weight is 264 g/mol. The van der Waals surface area contributed by atoms with Crippen LogP contribution in [0.1, 0.15) is 15.2 Å². The molecule has 2 aromatic rings. The molecule has 0 saturated heterocycles. The van der Waals surface area contributed by atoms with E-state index in [1.54, 1.807) is 35.5 Å². The van der Waals surface area contributed by atoms with E-state index >= 15 is 0 Å². The maximum atomic E-state index is 12.8. The minimum atomic E-state index is -0.282. The van der Waals surface area contributed by atoms with Crippen LogP contribution in [0.25, 0.3) is 0 Å². The SMILES string of the molecule is CN(Cc1ccc(F)cc1)C(=O)c1sccc1N. The van der Waals surface area contributed by atoms with Gasteiger partial charge in [0.2, 0.25) is 0 Å². The minimum absolute atomic E-state index is 0.119. The van der Waals surface area contributed by atoms with Gasteiger partial charge in [0, 0.05) is 13.6 Å². The van der Waals surface area contributed by atoms with Crippen LogP contribution < -0.4 is 5.73 Å². The van der Waals surface area contributed by atoms with Crippen molar-refractivity contribution >= 4 is 22.9 Å². The van der Waals surface area contributed by atoms with Crippen molar-refractivity contribution in [3.05, 3.63) is 52.0 Å². The number of anilines is 1. The van der Waals surface area contributed by atoms with Crippen LogP contribution in [0.2, 0.25) is 0 Å². The first-order chi connectivity index (χ1) is 8.58. The summed E-state index contributed by atoms with van der Waals surface area (Å²) in [5.74, 6) is -0.401. The van der Waals surface area contributed by atoms with Gasteiger partial charge >= 0.3 is 0 Å². The summed E-state index contributed by atoms with van der Waals surface area (Å²) in [7, 11) is 1.70. The van der Waals surface area contributed by atoms with Crippen molar-refractivity contribution < 1.29 is 9.18 Å². The molecule has 0 fully saturated rings. The van der Waals surface area contributed by atoms with E-state index in [4.69, 9.17) is 5.73 Å². The van der Waals surface area contributed by atoms with E-state index in [1.807, 2.05) is 0 Å². The van der Waals surface area contributed by atoms with Crippen molar-refractivity contribution in [3.63, 3.8) is 0 Å². The molecule has 1 heterocycles. The fourth-order valence-corrected chi connectivity index (χ4v) is 2.41. The van der Waals surface area contributed by atoms with Gasteiger partial charge in [-0.05, 0) is 29.1 Å². The second-order valence-electron chi connectivity index (χ2n) is 3.99. The van der Waals surface area contributed by atoms with E-state index < -0.39 is 0 Å². The van der Waals surface area contributed by atoms with Crippen LogP contribution >= 0.6 is 11.3 Å². The Bertz CT molecular complexity index is 550. The number of hydrogen-bond acceptors (Lipinski definition) is 3. The largest absolute Gasteiger partial charge is 0.397 e. The molecule has 0 spiro atoms. The van der Waals surface area contributed by atoms with Gasteiger partial charge in [0.15, 0.2) is 0 Å². The Balaban J connectivity index is 2.08. The summed E-state index contributed by atoms with van der Waals surface area (Å²) in [6.07, 6.45) is 0. The summed E-state index contributed by atoms with van der Waals surface area (Å²) < 4.78 is 12.8. The number of benzene rings is 1. The second kappa shape index (κ2) is 5.18. The van der Waals surface area contributed by atoms with Crippen LogP contribution in [0, 0.1) is 5.82 Å². The van der Waals surface area contributed by atoms with Gasteiger partial charge in [-0.2, -0.15) is 0 Å². The zero-order valence-corrected chi connectivity index (χ0v) is 10.7. The lowest BCUT2D eigenvalue weighted by molar-refractivity contribution is 0.0791. The van der Waals surface area contributed by atoms with Gasteiger partial charge in [-0.15, -0.1) is 11.3 Å². The number of amides is 1. The van der Waals surface area contributed by atoms with E-state index in [0.29, 0.717) is 17.1 Å². The number of nitrogen functional groups attached to an aromatic ring is 1. The Morgan fingerprint density at radius 1 is 1.33 bits per heavy atom. The highest BCUT2D eigenvalue weighted by atomic mass is 32.1. The summed E-state index contributed by atoms with van der Waals surface area (Å²) in [5, 5.41) is 1.79. The van der Waals surface area contributed by atoms with Crippen LogP contribution in [0.3, 0.4) is 0 Å². The topological polar surface area (TPSA) is 46.3 Å². The van der Waals surface area contributed by atoms with Crippen LogP contribution in [-0.4, -0.2) is 17.9 Å². The number of nitrogens with two attached hydrogens (primary N) is 1. The van der Waals surface area contributed by atoms with E-state index in [0.717, 1.165) is 5.56 Å². The molecule has 94 valence electrons. The number of rotatable bonds is 3. The van der Waals surface area contributed by atoms with E-state index in [-0.39, 0.29) is 11.7 Å². The van der Waals surface area contributed by atoms with Crippen molar-refractivity contribution in [2.24, 2.45) is 0 Å². The number of carbonyl (C=O) groups is 1. The molecular weight excluding hydrogens is 251 g/mol. The molecule has 0 unspecified atom stereocenters. The first-order valence-corrected chi connectivity index (χ1v) is 6.29. The molecule has 0 bridgehead atoms. The maximum Gasteiger partial charge on any atom is 0.266 e. The molecule has 2 N–H and O–H groups in total. The molecule has 1 aromatic carbocycles. The third-order valence-corrected chi connectivity index (χ3v) is 3.49. The second-order valence-corrected chi connectivity index (χ2v) is 4.91. The third-order valence-electron chi connectivity index (χ3n) is 2.57. The first-order valence-electron chi connectivity index (χ1n) is 5.41. The number of carbonyl (C=O) groups excluding carboxylic acids is 1. The van der Waals surface area contributed by atoms with Gasteiger partial charge < -0.3 is 10.6 Å². The molecule has 0 aliphatic heterocycles. The molecule has 1 amide bonds. The van der Waals surface area contributed by atoms with Gasteiger partial charge in [0.1, 0.15) is 10.7 Å². The highest BCUT2D eigenvalue weighted by Crippen LogP contribution is 2.21. The predicted molar refractivity (Wildman–Crippen MR) is 70.9 cm³/mol. The third kappa shape index (κ3) is 2.68. The molecule has 0 radical (unpaired) electrons.